The smallest absolute Gasteiger partial charge is 0.251 e. The first kappa shape index (κ1) is 28.2. The maximum atomic E-state index is 13.1. The molecule has 2 amide bonds. The van der Waals surface area contributed by atoms with Gasteiger partial charge in [-0.3, -0.25) is 9.59 Å². The fraction of sp³-hybridized carbons (Fsp3) is 0.250. The molecule has 0 spiro atoms. The molecule has 39 heavy (non-hydrogen) atoms. The predicted molar refractivity (Wildman–Crippen MR) is 160 cm³/mol. The Labute approximate surface area is 234 Å². The predicted octanol–water partition coefficient (Wildman–Crippen LogP) is 5.44. The van der Waals surface area contributed by atoms with E-state index in [4.69, 9.17) is 5.73 Å². The molecule has 4 aromatic rings. The van der Waals surface area contributed by atoms with Crippen LogP contribution >= 0.6 is 11.8 Å². The number of carbonyl (C=O) groups excluding carboxylic acids is 2. The average Bonchev–Trinajstić information content (AvgIpc) is 2.90. The summed E-state index contributed by atoms with van der Waals surface area (Å²) in [6.45, 7) is 5.77. The zero-order valence-electron chi connectivity index (χ0n) is 22.5. The molecular weight excluding hydrogens is 506 g/mol. The lowest BCUT2D eigenvalue weighted by Crippen LogP contribution is -2.46. The van der Waals surface area contributed by atoms with Gasteiger partial charge in [0.05, 0.1) is 12.1 Å². The van der Waals surface area contributed by atoms with Crippen LogP contribution in [-0.4, -0.2) is 40.4 Å². The highest BCUT2D eigenvalue weighted by molar-refractivity contribution is 7.99. The van der Waals surface area contributed by atoms with Crippen LogP contribution in [0.4, 0.5) is 5.69 Å². The molecule has 0 saturated heterocycles. The van der Waals surface area contributed by atoms with Gasteiger partial charge in [0, 0.05) is 39.4 Å². The third-order valence-corrected chi connectivity index (χ3v) is 7.37. The van der Waals surface area contributed by atoms with E-state index in [-0.39, 0.29) is 18.2 Å². The summed E-state index contributed by atoms with van der Waals surface area (Å²) < 4.78 is 0. The Bertz CT molecular complexity index is 1460. The number of aliphatic hydroxyl groups is 1. The number of fused-ring (bicyclic) bond motifs is 1. The Kier molecular flexibility index (Phi) is 8.94. The van der Waals surface area contributed by atoms with Gasteiger partial charge in [0.25, 0.3) is 11.8 Å². The number of amides is 2. The van der Waals surface area contributed by atoms with Gasteiger partial charge >= 0.3 is 0 Å². The molecule has 0 aromatic heterocycles. The van der Waals surface area contributed by atoms with Crippen molar-refractivity contribution in [2.24, 2.45) is 0 Å². The Balaban J connectivity index is 1.56. The Morgan fingerprint density at radius 2 is 1.59 bits per heavy atom. The van der Waals surface area contributed by atoms with Crippen LogP contribution in [0.3, 0.4) is 0 Å². The zero-order valence-corrected chi connectivity index (χ0v) is 23.3. The quantitative estimate of drug-likeness (QED) is 0.167. The van der Waals surface area contributed by atoms with Crippen LogP contribution in [0.25, 0.3) is 10.8 Å². The van der Waals surface area contributed by atoms with Gasteiger partial charge in [-0.25, -0.2) is 0 Å². The van der Waals surface area contributed by atoms with Crippen LogP contribution in [0.1, 0.15) is 47.1 Å². The van der Waals surface area contributed by atoms with Crippen LogP contribution in [0.5, 0.6) is 0 Å². The number of carbonyl (C=O) groups is 2. The normalized spacial score (nSPS) is 13.0. The highest BCUT2D eigenvalue weighted by atomic mass is 32.2. The SMILES string of the molecule is CC(C)(C)NC(=O)c1ccccc1CC(O)C(CSc1ccc2ccccc2c1)NC(=O)c1cccc(N)c1. The molecule has 0 saturated carbocycles. The maximum Gasteiger partial charge on any atom is 0.251 e. The second kappa shape index (κ2) is 12.4. The molecule has 7 heteroatoms. The Morgan fingerprint density at radius 1 is 0.872 bits per heavy atom. The summed E-state index contributed by atoms with van der Waals surface area (Å²) in [5.41, 5.74) is 7.63. The lowest BCUT2D eigenvalue weighted by atomic mass is 9.97. The number of aliphatic hydroxyl groups excluding tert-OH is 1. The van der Waals surface area contributed by atoms with E-state index in [1.165, 1.54) is 0 Å². The van der Waals surface area contributed by atoms with Crippen molar-refractivity contribution in [1.82, 2.24) is 10.6 Å². The molecule has 4 aromatic carbocycles. The van der Waals surface area contributed by atoms with Crippen molar-refractivity contribution >= 4 is 40.0 Å². The van der Waals surface area contributed by atoms with Crippen LogP contribution in [0.2, 0.25) is 0 Å². The fourth-order valence-electron chi connectivity index (χ4n) is 4.32. The van der Waals surface area contributed by atoms with Crippen LogP contribution in [0, 0.1) is 0 Å². The summed E-state index contributed by atoms with van der Waals surface area (Å²) in [7, 11) is 0. The molecule has 2 unspecified atom stereocenters. The monoisotopic (exact) mass is 541 g/mol. The van der Waals surface area contributed by atoms with E-state index < -0.39 is 17.7 Å². The number of anilines is 1. The van der Waals surface area contributed by atoms with E-state index in [9.17, 15) is 14.7 Å². The van der Waals surface area contributed by atoms with Gasteiger partial charge in [0.15, 0.2) is 0 Å². The molecule has 4 rings (SSSR count). The summed E-state index contributed by atoms with van der Waals surface area (Å²) in [4.78, 5) is 27.1. The van der Waals surface area contributed by atoms with Gasteiger partial charge in [-0.05, 0) is 73.5 Å². The first-order valence-electron chi connectivity index (χ1n) is 13.0. The number of nitrogen functional groups attached to an aromatic ring is 1. The third-order valence-electron chi connectivity index (χ3n) is 6.26. The molecular formula is C32H35N3O3S. The molecule has 0 aliphatic carbocycles. The highest BCUT2D eigenvalue weighted by Gasteiger charge is 2.25. The van der Waals surface area contributed by atoms with Crippen molar-refractivity contribution in [3.8, 4) is 0 Å². The number of rotatable bonds is 9. The van der Waals surface area contributed by atoms with Crippen molar-refractivity contribution in [3.05, 3.63) is 108 Å². The molecule has 0 aliphatic heterocycles. The first-order valence-corrected chi connectivity index (χ1v) is 13.9. The van der Waals surface area contributed by atoms with E-state index in [2.05, 4.69) is 34.9 Å². The highest BCUT2D eigenvalue weighted by Crippen LogP contribution is 2.26. The van der Waals surface area contributed by atoms with Crippen molar-refractivity contribution in [1.29, 1.82) is 0 Å². The van der Waals surface area contributed by atoms with Crippen molar-refractivity contribution in [2.75, 3.05) is 11.5 Å². The number of nitrogens with one attached hydrogen (secondary N) is 2. The third kappa shape index (κ3) is 7.85. The van der Waals surface area contributed by atoms with Crippen LogP contribution < -0.4 is 16.4 Å². The van der Waals surface area contributed by atoms with Gasteiger partial charge in [-0.2, -0.15) is 0 Å². The second-order valence-electron chi connectivity index (χ2n) is 10.7. The van der Waals surface area contributed by atoms with Crippen molar-refractivity contribution in [2.45, 2.75) is 49.8 Å². The molecule has 2 atom stereocenters. The molecule has 0 radical (unpaired) electrons. The second-order valence-corrected chi connectivity index (χ2v) is 11.8. The van der Waals surface area contributed by atoms with Gasteiger partial charge < -0.3 is 21.5 Å². The number of nitrogens with two attached hydrogens (primary N) is 1. The van der Waals surface area contributed by atoms with E-state index in [0.717, 1.165) is 15.7 Å². The summed E-state index contributed by atoms with van der Waals surface area (Å²) in [5, 5.41) is 19.7. The van der Waals surface area contributed by atoms with Crippen LogP contribution in [-0.2, 0) is 6.42 Å². The molecule has 202 valence electrons. The number of thioether (sulfide) groups is 1. The Hall–Kier alpha value is -3.81. The van der Waals surface area contributed by atoms with Gasteiger partial charge in [-0.15, -0.1) is 11.8 Å². The van der Waals surface area contributed by atoms with E-state index >= 15 is 0 Å². The lowest BCUT2D eigenvalue weighted by molar-refractivity contribution is 0.0850. The number of hydrogen-bond donors (Lipinski definition) is 4. The minimum absolute atomic E-state index is 0.198. The molecule has 5 N–H and O–H groups in total. The molecule has 0 bridgehead atoms. The van der Waals surface area contributed by atoms with Crippen LogP contribution in [0.15, 0.2) is 95.9 Å². The van der Waals surface area contributed by atoms with Gasteiger partial charge in [0.1, 0.15) is 0 Å². The number of hydrogen-bond acceptors (Lipinski definition) is 5. The maximum absolute atomic E-state index is 13.1. The van der Waals surface area contributed by atoms with E-state index in [1.54, 1.807) is 42.1 Å². The summed E-state index contributed by atoms with van der Waals surface area (Å²) in [6.07, 6.45) is -0.736. The summed E-state index contributed by atoms with van der Waals surface area (Å²) in [6, 6.07) is 27.8. The number of benzene rings is 4. The molecule has 0 heterocycles. The molecule has 0 aliphatic rings. The van der Waals surface area contributed by atoms with Gasteiger partial charge in [-0.1, -0.05) is 54.6 Å². The standard InChI is InChI=1S/C32H35N3O3S/c1-32(2,3)35-31(38)27-14-7-6-11-23(27)19-29(36)28(34-30(37)24-12-8-13-25(33)17-24)20-39-26-16-15-21-9-4-5-10-22(21)18-26/h4-18,28-29,36H,19-20,33H2,1-3H3,(H,34,37)(H,35,38). The minimum Gasteiger partial charge on any atom is -0.399 e. The fourth-order valence-corrected chi connectivity index (χ4v) is 5.37. The largest absolute Gasteiger partial charge is 0.399 e. The minimum atomic E-state index is -0.938. The Morgan fingerprint density at radius 3 is 2.33 bits per heavy atom. The van der Waals surface area contributed by atoms with Crippen molar-refractivity contribution in [3.63, 3.8) is 0 Å². The van der Waals surface area contributed by atoms with Gasteiger partial charge in [0.2, 0.25) is 0 Å². The van der Waals surface area contributed by atoms with E-state index in [1.807, 2.05) is 57.2 Å². The topological polar surface area (TPSA) is 104 Å². The first-order chi connectivity index (χ1) is 18.6. The van der Waals surface area contributed by atoms with E-state index in [0.29, 0.717) is 28.1 Å². The zero-order chi connectivity index (χ0) is 28.0. The summed E-state index contributed by atoms with van der Waals surface area (Å²) in [5.74, 6) is -0.0791. The average molecular weight is 542 g/mol. The molecule has 6 nitrogen and oxygen atoms in total. The summed E-state index contributed by atoms with van der Waals surface area (Å²) >= 11 is 1.56. The lowest BCUT2D eigenvalue weighted by Gasteiger charge is -2.26. The van der Waals surface area contributed by atoms with Crippen molar-refractivity contribution < 1.29 is 14.7 Å². The molecule has 0 fully saturated rings.